The lowest BCUT2D eigenvalue weighted by Crippen LogP contribution is -2.38. The number of nitrogens with zero attached hydrogens (tertiary/aromatic N) is 1. The maximum Gasteiger partial charge on any atom is 0.227 e. The molecule has 0 saturated carbocycles. The molecule has 0 spiro atoms. The minimum Gasteiger partial charge on any atom is -0.369 e. The zero-order valence-corrected chi connectivity index (χ0v) is 14.6. The Kier molecular flexibility index (Phi) is 5.87. The van der Waals surface area contributed by atoms with E-state index in [2.05, 4.69) is 34.5 Å². The van der Waals surface area contributed by atoms with E-state index < -0.39 is 0 Å². The van der Waals surface area contributed by atoms with Gasteiger partial charge in [-0.2, -0.15) is 0 Å². The lowest BCUT2D eigenvalue weighted by atomic mass is 9.93. The second-order valence-electron chi connectivity index (χ2n) is 7.12. The van der Waals surface area contributed by atoms with E-state index in [1.165, 1.54) is 5.56 Å². The monoisotopic (exact) mass is 341 g/mol. The average Bonchev–Trinajstić information content (AvgIpc) is 2.63. The van der Waals surface area contributed by atoms with Gasteiger partial charge in [0.15, 0.2) is 0 Å². The van der Waals surface area contributed by atoms with Crippen molar-refractivity contribution in [3.63, 3.8) is 0 Å². The first-order valence-electron chi connectivity index (χ1n) is 9.18. The van der Waals surface area contributed by atoms with E-state index in [1.54, 1.807) is 0 Å². The average molecular weight is 341 g/mol. The highest BCUT2D eigenvalue weighted by molar-refractivity contribution is 5.92. The van der Waals surface area contributed by atoms with Crippen molar-refractivity contribution in [1.82, 2.24) is 4.90 Å². The fourth-order valence-electron chi connectivity index (χ4n) is 3.66. The maximum atomic E-state index is 12.4. The predicted octanol–water partition coefficient (Wildman–Crippen LogP) is 2.68. The molecule has 2 aliphatic rings. The number of benzene rings is 1. The van der Waals surface area contributed by atoms with Gasteiger partial charge in [0.1, 0.15) is 0 Å². The molecule has 1 heterocycles. The van der Waals surface area contributed by atoms with Crippen LogP contribution in [0.15, 0.2) is 36.4 Å². The van der Waals surface area contributed by atoms with E-state index in [1.807, 2.05) is 12.1 Å². The van der Waals surface area contributed by atoms with E-state index in [4.69, 9.17) is 5.73 Å². The lowest BCUT2D eigenvalue weighted by molar-refractivity contribution is -0.123. The van der Waals surface area contributed by atoms with Gasteiger partial charge in [-0.25, -0.2) is 0 Å². The Bertz CT molecular complexity index is 648. The summed E-state index contributed by atoms with van der Waals surface area (Å²) in [5, 5.41) is 3.06. The SMILES string of the molecule is NC(=O)C1CCN(Cc2cccc(NC(=O)[C@@H]3CC=CCC3)c2)CC1. The van der Waals surface area contributed by atoms with Crippen LogP contribution in [-0.4, -0.2) is 29.8 Å². The lowest BCUT2D eigenvalue weighted by Gasteiger charge is -2.30. The van der Waals surface area contributed by atoms with E-state index in [9.17, 15) is 9.59 Å². The molecule has 0 bridgehead atoms. The van der Waals surface area contributed by atoms with Gasteiger partial charge in [0.25, 0.3) is 0 Å². The van der Waals surface area contributed by atoms with Crippen LogP contribution in [0.5, 0.6) is 0 Å². The highest BCUT2D eigenvalue weighted by Crippen LogP contribution is 2.22. The Morgan fingerprint density at radius 2 is 1.92 bits per heavy atom. The van der Waals surface area contributed by atoms with Crippen LogP contribution in [-0.2, 0) is 16.1 Å². The summed E-state index contributed by atoms with van der Waals surface area (Å²) in [7, 11) is 0. The minimum atomic E-state index is -0.179. The molecule has 3 rings (SSSR count). The number of nitrogens with one attached hydrogen (secondary N) is 1. The number of nitrogens with two attached hydrogens (primary N) is 1. The molecule has 1 saturated heterocycles. The normalized spacial score (nSPS) is 21.8. The number of carbonyl (C=O) groups excluding carboxylic acids is 2. The first-order chi connectivity index (χ1) is 12.1. The van der Waals surface area contributed by atoms with Crippen molar-refractivity contribution >= 4 is 17.5 Å². The van der Waals surface area contributed by atoms with Gasteiger partial charge in [-0.1, -0.05) is 24.3 Å². The van der Waals surface area contributed by atoms with Gasteiger partial charge in [0.2, 0.25) is 11.8 Å². The van der Waals surface area contributed by atoms with E-state index in [-0.39, 0.29) is 23.7 Å². The van der Waals surface area contributed by atoms with Crippen LogP contribution in [0.3, 0.4) is 0 Å². The fourth-order valence-corrected chi connectivity index (χ4v) is 3.66. The van der Waals surface area contributed by atoms with Crippen molar-refractivity contribution < 1.29 is 9.59 Å². The molecule has 1 aromatic carbocycles. The Labute approximate surface area is 149 Å². The number of allylic oxidation sites excluding steroid dienone is 2. The summed E-state index contributed by atoms with van der Waals surface area (Å²) < 4.78 is 0. The van der Waals surface area contributed by atoms with Gasteiger partial charge in [-0.15, -0.1) is 0 Å². The number of likely N-dealkylation sites (tertiary alicyclic amines) is 1. The van der Waals surface area contributed by atoms with Crippen LogP contribution in [0, 0.1) is 11.8 Å². The first-order valence-corrected chi connectivity index (χ1v) is 9.18. The third-order valence-corrected chi connectivity index (χ3v) is 5.23. The van der Waals surface area contributed by atoms with Crippen LogP contribution in [0.2, 0.25) is 0 Å². The summed E-state index contributed by atoms with van der Waals surface area (Å²) in [5.41, 5.74) is 7.44. The molecular weight excluding hydrogens is 314 g/mol. The van der Waals surface area contributed by atoms with Crippen LogP contribution in [0.25, 0.3) is 0 Å². The van der Waals surface area contributed by atoms with E-state index in [0.29, 0.717) is 0 Å². The largest absolute Gasteiger partial charge is 0.369 e. The summed E-state index contributed by atoms with van der Waals surface area (Å²) in [6.45, 7) is 2.61. The molecule has 1 aromatic rings. The molecule has 5 nitrogen and oxygen atoms in total. The molecule has 5 heteroatoms. The van der Waals surface area contributed by atoms with Crippen LogP contribution in [0.1, 0.15) is 37.7 Å². The smallest absolute Gasteiger partial charge is 0.227 e. The number of carbonyl (C=O) groups is 2. The number of piperidine rings is 1. The van der Waals surface area contributed by atoms with Crippen LogP contribution >= 0.6 is 0 Å². The summed E-state index contributed by atoms with van der Waals surface area (Å²) >= 11 is 0. The molecule has 0 radical (unpaired) electrons. The Balaban J connectivity index is 1.54. The van der Waals surface area contributed by atoms with Gasteiger partial charge >= 0.3 is 0 Å². The summed E-state index contributed by atoms with van der Waals surface area (Å²) in [4.78, 5) is 26.0. The topological polar surface area (TPSA) is 75.4 Å². The number of anilines is 1. The molecule has 0 aromatic heterocycles. The number of hydrogen-bond donors (Lipinski definition) is 2. The molecule has 1 atom stereocenters. The molecule has 1 fully saturated rings. The molecule has 2 amide bonds. The van der Waals surface area contributed by atoms with Gasteiger partial charge in [-0.05, 0) is 62.9 Å². The van der Waals surface area contributed by atoms with Gasteiger partial charge in [0, 0.05) is 24.1 Å². The highest BCUT2D eigenvalue weighted by Gasteiger charge is 2.23. The zero-order valence-electron chi connectivity index (χ0n) is 14.6. The second-order valence-corrected chi connectivity index (χ2v) is 7.12. The van der Waals surface area contributed by atoms with Crippen molar-refractivity contribution in [2.45, 2.75) is 38.6 Å². The number of amides is 2. The Morgan fingerprint density at radius 1 is 1.12 bits per heavy atom. The van der Waals surface area contributed by atoms with Gasteiger partial charge in [-0.3, -0.25) is 14.5 Å². The summed E-state index contributed by atoms with van der Waals surface area (Å²) in [6.07, 6.45) is 8.66. The van der Waals surface area contributed by atoms with E-state index >= 15 is 0 Å². The third kappa shape index (κ3) is 4.92. The maximum absolute atomic E-state index is 12.4. The van der Waals surface area contributed by atoms with Crippen LogP contribution in [0.4, 0.5) is 5.69 Å². The number of hydrogen-bond acceptors (Lipinski definition) is 3. The standard InChI is InChI=1S/C20H27N3O2/c21-19(24)16-9-11-23(12-10-16)14-15-5-4-8-18(13-15)22-20(25)17-6-2-1-3-7-17/h1-2,4-5,8,13,16-17H,3,6-7,9-12,14H2,(H2,21,24)(H,22,25)/t17-/m1/s1. The fraction of sp³-hybridized carbons (Fsp3) is 0.500. The molecule has 1 aliphatic heterocycles. The van der Waals surface area contributed by atoms with Gasteiger partial charge < -0.3 is 11.1 Å². The number of primary amides is 1. The quantitative estimate of drug-likeness (QED) is 0.809. The van der Waals surface area contributed by atoms with Crippen molar-refractivity contribution in [2.24, 2.45) is 17.6 Å². The number of rotatable bonds is 5. The van der Waals surface area contributed by atoms with Gasteiger partial charge in [0.05, 0.1) is 0 Å². The van der Waals surface area contributed by atoms with E-state index in [0.717, 1.165) is 57.4 Å². The highest BCUT2D eigenvalue weighted by atomic mass is 16.2. The molecule has 3 N–H and O–H groups in total. The molecular formula is C20H27N3O2. The summed E-state index contributed by atoms with van der Waals surface area (Å²) in [5.74, 6) is 0.0404. The molecule has 1 aliphatic carbocycles. The molecule has 25 heavy (non-hydrogen) atoms. The Morgan fingerprint density at radius 3 is 2.60 bits per heavy atom. The van der Waals surface area contributed by atoms with Crippen molar-refractivity contribution in [3.8, 4) is 0 Å². The predicted molar refractivity (Wildman–Crippen MR) is 98.7 cm³/mol. The minimum absolute atomic E-state index is 0.0198. The van der Waals surface area contributed by atoms with Crippen molar-refractivity contribution in [1.29, 1.82) is 0 Å². The zero-order chi connectivity index (χ0) is 17.6. The van der Waals surface area contributed by atoms with Crippen molar-refractivity contribution in [2.75, 3.05) is 18.4 Å². The second kappa shape index (κ2) is 8.30. The first kappa shape index (κ1) is 17.7. The van der Waals surface area contributed by atoms with Crippen LogP contribution < -0.4 is 11.1 Å². The summed E-state index contributed by atoms with van der Waals surface area (Å²) in [6, 6.07) is 8.07. The van der Waals surface area contributed by atoms with Crippen molar-refractivity contribution in [3.05, 3.63) is 42.0 Å². The Hall–Kier alpha value is -2.14. The molecule has 0 unspecified atom stereocenters. The third-order valence-electron chi connectivity index (χ3n) is 5.23. The molecule has 134 valence electrons.